The summed E-state index contributed by atoms with van der Waals surface area (Å²) in [6.07, 6.45) is 7.50. The summed E-state index contributed by atoms with van der Waals surface area (Å²) in [6, 6.07) is 7.75. The second-order valence-electron chi connectivity index (χ2n) is 8.09. The number of unbranched alkanes of at least 4 members (excludes halogenated alkanes) is 1. The van der Waals surface area contributed by atoms with Crippen LogP contribution in [0.3, 0.4) is 0 Å². The Morgan fingerprint density at radius 1 is 1.09 bits per heavy atom. The minimum atomic E-state index is -0.163. The molecule has 1 amide bonds. The van der Waals surface area contributed by atoms with E-state index in [2.05, 4.69) is 33.2 Å². The molecular formula is C25H33N5O2. The Labute approximate surface area is 189 Å². The van der Waals surface area contributed by atoms with Crippen LogP contribution in [0.4, 0.5) is 0 Å². The molecule has 32 heavy (non-hydrogen) atoms. The molecule has 0 saturated heterocycles. The zero-order chi connectivity index (χ0) is 23.1. The third-order valence-electron chi connectivity index (χ3n) is 5.91. The highest BCUT2D eigenvalue weighted by Gasteiger charge is 2.10. The number of aryl methyl sites for hydroxylation is 3. The number of nitrogens with one attached hydrogen (secondary N) is 1. The van der Waals surface area contributed by atoms with E-state index in [1.807, 2.05) is 32.3 Å². The van der Waals surface area contributed by atoms with Gasteiger partial charge < -0.3 is 9.88 Å². The van der Waals surface area contributed by atoms with Crippen LogP contribution in [-0.2, 0) is 26.4 Å². The Morgan fingerprint density at radius 3 is 2.53 bits per heavy atom. The van der Waals surface area contributed by atoms with E-state index in [0.29, 0.717) is 12.1 Å². The van der Waals surface area contributed by atoms with Gasteiger partial charge in [-0.15, -0.1) is 0 Å². The highest BCUT2D eigenvalue weighted by atomic mass is 16.1. The van der Waals surface area contributed by atoms with Crippen molar-refractivity contribution in [1.29, 1.82) is 0 Å². The number of carbonyl (C=O) groups is 1. The molecule has 170 valence electrons. The van der Waals surface area contributed by atoms with Crippen LogP contribution in [0, 0.1) is 0 Å². The fourth-order valence-electron chi connectivity index (χ4n) is 3.88. The van der Waals surface area contributed by atoms with Gasteiger partial charge in [0.15, 0.2) is 0 Å². The first-order valence-electron chi connectivity index (χ1n) is 11.3. The molecule has 0 aromatic carbocycles. The summed E-state index contributed by atoms with van der Waals surface area (Å²) < 4.78 is 1.71. The molecule has 0 radical (unpaired) electrons. The number of carbonyl (C=O) groups excluding carboxylic acids is 1. The third kappa shape index (κ3) is 5.59. The molecule has 0 bridgehead atoms. The zero-order valence-electron chi connectivity index (χ0n) is 19.5. The molecule has 0 atom stereocenters. The molecule has 0 fully saturated rings. The first kappa shape index (κ1) is 23.6. The van der Waals surface area contributed by atoms with E-state index in [-0.39, 0.29) is 11.5 Å². The van der Waals surface area contributed by atoms with E-state index >= 15 is 0 Å². The van der Waals surface area contributed by atoms with Crippen LogP contribution in [0.25, 0.3) is 11.0 Å². The third-order valence-corrected chi connectivity index (χ3v) is 5.91. The fourth-order valence-corrected chi connectivity index (χ4v) is 3.88. The van der Waals surface area contributed by atoms with Gasteiger partial charge in [0.05, 0.1) is 11.0 Å². The number of hydrogen-bond donors (Lipinski definition) is 1. The molecule has 0 unspecified atom stereocenters. The van der Waals surface area contributed by atoms with Gasteiger partial charge in [-0.2, -0.15) is 0 Å². The van der Waals surface area contributed by atoms with Gasteiger partial charge in [-0.1, -0.05) is 19.9 Å². The van der Waals surface area contributed by atoms with Gasteiger partial charge in [-0.3, -0.25) is 24.5 Å². The molecule has 3 aromatic rings. The normalized spacial score (nSPS) is 11.3. The molecule has 0 saturated carbocycles. The van der Waals surface area contributed by atoms with Gasteiger partial charge in [0.2, 0.25) is 0 Å². The van der Waals surface area contributed by atoms with Crippen molar-refractivity contribution < 1.29 is 4.79 Å². The molecule has 1 N–H and O–H groups in total. The summed E-state index contributed by atoms with van der Waals surface area (Å²) in [6.45, 7) is 6.91. The van der Waals surface area contributed by atoms with E-state index in [4.69, 9.17) is 0 Å². The van der Waals surface area contributed by atoms with Gasteiger partial charge in [-0.25, -0.2) is 0 Å². The first-order chi connectivity index (χ1) is 15.5. The quantitative estimate of drug-likeness (QED) is 0.495. The number of fused-ring (bicyclic) bond motifs is 1. The molecule has 3 aromatic heterocycles. The minimum Gasteiger partial charge on any atom is -0.354 e. The van der Waals surface area contributed by atoms with Crippen molar-refractivity contribution in [3.8, 4) is 0 Å². The lowest BCUT2D eigenvalue weighted by molar-refractivity contribution is 0.0958. The Kier molecular flexibility index (Phi) is 8.11. The average Bonchev–Trinajstić information content (AvgIpc) is 2.83. The zero-order valence-corrected chi connectivity index (χ0v) is 19.5. The number of pyridine rings is 3. The summed E-state index contributed by atoms with van der Waals surface area (Å²) in [5, 5.41) is 2.58. The van der Waals surface area contributed by atoms with Crippen LogP contribution in [0.2, 0.25) is 0 Å². The first-order valence-corrected chi connectivity index (χ1v) is 11.3. The maximum atomic E-state index is 12.5. The van der Waals surface area contributed by atoms with Gasteiger partial charge in [-0.05, 0) is 68.1 Å². The minimum absolute atomic E-state index is 0.0594. The second kappa shape index (κ2) is 11.0. The Morgan fingerprint density at radius 2 is 1.88 bits per heavy atom. The smallest absolute Gasteiger partial charge is 0.269 e. The highest BCUT2D eigenvalue weighted by Crippen LogP contribution is 2.15. The topological polar surface area (TPSA) is 80.1 Å². The lowest BCUT2D eigenvalue weighted by Crippen LogP contribution is -2.25. The van der Waals surface area contributed by atoms with Crippen molar-refractivity contribution in [3.05, 3.63) is 69.4 Å². The number of aromatic nitrogens is 3. The number of rotatable bonds is 10. The van der Waals surface area contributed by atoms with Crippen molar-refractivity contribution in [2.75, 3.05) is 20.1 Å². The summed E-state index contributed by atoms with van der Waals surface area (Å²) in [5.74, 6) is -0.163. The summed E-state index contributed by atoms with van der Waals surface area (Å²) in [5.41, 5.74) is 5.32. The predicted octanol–water partition coefficient (Wildman–Crippen LogP) is 3.10. The van der Waals surface area contributed by atoms with Crippen LogP contribution in [0.1, 0.15) is 53.9 Å². The molecule has 0 aliphatic heterocycles. The van der Waals surface area contributed by atoms with Gasteiger partial charge in [0.25, 0.3) is 11.5 Å². The molecule has 3 rings (SSSR count). The maximum Gasteiger partial charge on any atom is 0.269 e. The molecule has 0 aliphatic rings. The van der Waals surface area contributed by atoms with Crippen LogP contribution in [0.15, 0.2) is 41.5 Å². The number of hydrogen-bond acceptors (Lipinski definition) is 5. The van der Waals surface area contributed by atoms with Crippen LogP contribution in [0.5, 0.6) is 0 Å². The Hall–Kier alpha value is -3.06. The second-order valence-corrected chi connectivity index (χ2v) is 8.09. The molecule has 7 nitrogen and oxygen atoms in total. The van der Waals surface area contributed by atoms with E-state index in [0.717, 1.165) is 66.6 Å². The molecule has 0 aliphatic carbocycles. The highest BCUT2D eigenvalue weighted by molar-refractivity contribution is 5.91. The number of amides is 1. The van der Waals surface area contributed by atoms with Gasteiger partial charge in [0, 0.05) is 38.6 Å². The van der Waals surface area contributed by atoms with Crippen molar-refractivity contribution in [3.63, 3.8) is 0 Å². The van der Waals surface area contributed by atoms with E-state index in [9.17, 15) is 9.59 Å². The van der Waals surface area contributed by atoms with Crippen molar-refractivity contribution in [1.82, 2.24) is 24.8 Å². The van der Waals surface area contributed by atoms with Gasteiger partial charge >= 0.3 is 0 Å². The fraction of sp³-hybridized carbons (Fsp3) is 0.440. The van der Waals surface area contributed by atoms with Crippen molar-refractivity contribution >= 4 is 16.9 Å². The van der Waals surface area contributed by atoms with E-state index in [1.54, 1.807) is 23.9 Å². The van der Waals surface area contributed by atoms with E-state index in [1.165, 1.54) is 0 Å². The van der Waals surface area contributed by atoms with E-state index < -0.39 is 0 Å². The largest absolute Gasteiger partial charge is 0.354 e. The standard InChI is InChI=1S/C25H33N5O2/c1-5-20-14-22-23(29(4)25(20)32)13-19(16-28-22)17-30(6-2)12-8-7-9-18-10-11-21(27-15-18)24(31)26-3/h10-11,13-16H,5-9,12,17H2,1-4H3,(H,26,31). The SMILES string of the molecule is CCc1cc2ncc(CN(CC)CCCCc3ccc(C(=O)NC)nc3)cc2n(C)c1=O. The Balaban J connectivity index is 1.56. The molecule has 3 heterocycles. The molecular weight excluding hydrogens is 402 g/mol. The lowest BCUT2D eigenvalue weighted by atomic mass is 10.1. The summed E-state index contributed by atoms with van der Waals surface area (Å²) >= 11 is 0. The predicted molar refractivity (Wildman–Crippen MR) is 128 cm³/mol. The van der Waals surface area contributed by atoms with Crippen LogP contribution >= 0.6 is 0 Å². The monoisotopic (exact) mass is 435 g/mol. The van der Waals surface area contributed by atoms with Crippen molar-refractivity contribution in [2.45, 2.75) is 46.1 Å². The van der Waals surface area contributed by atoms with Gasteiger partial charge in [0.1, 0.15) is 5.69 Å². The average molecular weight is 436 g/mol. The molecule has 7 heteroatoms. The number of nitrogens with zero attached hydrogens (tertiary/aromatic N) is 4. The maximum absolute atomic E-state index is 12.5. The summed E-state index contributed by atoms with van der Waals surface area (Å²) in [7, 11) is 3.43. The Bertz CT molecular complexity index is 1120. The molecule has 0 spiro atoms. The van der Waals surface area contributed by atoms with Crippen LogP contribution in [-0.4, -0.2) is 45.5 Å². The summed E-state index contributed by atoms with van der Waals surface area (Å²) in [4.78, 5) is 35.3. The van der Waals surface area contributed by atoms with Crippen molar-refractivity contribution in [2.24, 2.45) is 7.05 Å². The van der Waals surface area contributed by atoms with Crippen LogP contribution < -0.4 is 10.9 Å². The lowest BCUT2D eigenvalue weighted by Gasteiger charge is -2.20.